The number of para-hydroxylation sites is 1. The smallest absolute Gasteiger partial charge is 0.246 e. The monoisotopic (exact) mass is 433 g/mol. The van der Waals surface area contributed by atoms with Gasteiger partial charge in [0.1, 0.15) is 0 Å². The van der Waals surface area contributed by atoms with Crippen LogP contribution in [0.15, 0.2) is 53.5 Å². The third-order valence-corrected chi connectivity index (χ3v) is 5.90. The van der Waals surface area contributed by atoms with Gasteiger partial charge in [-0.1, -0.05) is 30.3 Å². The molecular formula is C25H31N5O2. The highest BCUT2D eigenvalue weighted by Gasteiger charge is 2.22. The van der Waals surface area contributed by atoms with E-state index in [1.54, 1.807) is 0 Å². The highest BCUT2D eigenvalue weighted by atomic mass is 16.2. The van der Waals surface area contributed by atoms with Crippen molar-refractivity contribution in [2.45, 2.75) is 39.2 Å². The summed E-state index contributed by atoms with van der Waals surface area (Å²) in [4.78, 5) is 33.1. The van der Waals surface area contributed by atoms with Gasteiger partial charge in [0.05, 0.1) is 13.1 Å². The summed E-state index contributed by atoms with van der Waals surface area (Å²) in [7, 11) is 0. The van der Waals surface area contributed by atoms with E-state index in [1.807, 2.05) is 59.2 Å². The van der Waals surface area contributed by atoms with Gasteiger partial charge in [-0.25, -0.2) is 4.99 Å². The Morgan fingerprint density at radius 1 is 1.00 bits per heavy atom. The molecule has 1 saturated heterocycles. The van der Waals surface area contributed by atoms with Gasteiger partial charge in [-0.05, 0) is 55.5 Å². The minimum absolute atomic E-state index is 0.0439. The van der Waals surface area contributed by atoms with Gasteiger partial charge in [0.2, 0.25) is 11.8 Å². The molecule has 0 unspecified atom stereocenters. The molecule has 2 aromatic rings. The molecule has 2 aromatic carbocycles. The van der Waals surface area contributed by atoms with Crippen molar-refractivity contribution in [3.05, 3.63) is 59.7 Å². The molecule has 168 valence electrons. The van der Waals surface area contributed by atoms with Crippen molar-refractivity contribution in [3.8, 4) is 0 Å². The van der Waals surface area contributed by atoms with Gasteiger partial charge < -0.3 is 20.4 Å². The molecule has 0 spiro atoms. The van der Waals surface area contributed by atoms with E-state index in [-0.39, 0.29) is 18.4 Å². The Labute approximate surface area is 189 Å². The van der Waals surface area contributed by atoms with E-state index >= 15 is 0 Å². The van der Waals surface area contributed by atoms with Crippen LogP contribution in [0.5, 0.6) is 0 Å². The number of carbonyl (C=O) groups excluding carboxylic acids is 2. The zero-order valence-electron chi connectivity index (χ0n) is 18.6. The first kappa shape index (κ1) is 21.9. The van der Waals surface area contributed by atoms with Gasteiger partial charge in [-0.3, -0.25) is 9.59 Å². The Kier molecular flexibility index (Phi) is 7.04. The third kappa shape index (κ3) is 5.10. The molecule has 2 amide bonds. The number of aryl methyl sites for hydroxylation is 1. The van der Waals surface area contributed by atoms with Crippen LogP contribution in [0.2, 0.25) is 0 Å². The molecule has 0 aliphatic carbocycles. The Morgan fingerprint density at radius 3 is 2.53 bits per heavy atom. The summed E-state index contributed by atoms with van der Waals surface area (Å²) in [6.45, 7) is 4.93. The fourth-order valence-corrected chi connectivity index (χ4v) is 4.26. The second-order valence-corrected chi connectivity index (χ2v) is 8.14. The van der Waals surface area contributed by atoms with E-state index in [2.05, 4.69) is 21.7 Å². The Morgan fingerprint density at radius 2 is 1.78 bits per heavy atom. The summed E-state index contributed by atoms with van der Waals surface area (Å²) >= 11 is 0. The van der Waals surface area contributed by atoms with Crippen molar-refractivity contribution in [2.24, 2.45) is 4.99 Å². The number of aliphatic imine (C=N–C) groups is 1. The third-order valence-electron chi connectivity index (χ3n) is 5.90. The lowest BCUT2D eigenvalue weighted by molar-refractivity contribution is -0.118. The quantitative estimate of drug-likeness (QED) is 0.543. The molecule has 4 rings (SSSR count). The molecule has 2 aliphatic rings. The van der Waals surface area contributed by atoms with Crippen molar-refractivity contribution < 1.29 is 9.59 Å². The molecule has 0 saturated carbocycles. The number of anilines is 2. The van der Waals surface area contributed by atoms with Crippen LogP contribution < -0.4 is 20.4 Å². The summed E-state index contributed by atoms with van der Waals surface area (Å²) in [5.74, 6) is 0.850. The molecular weight excluding hydrogens is 402 g/mol. The average Bonchev–Trinajstić information content (AvgIpc) is 3.26. The predicted molar refractivity (Wildman–Crippen MR) is 128 cm³/mol. The number of benzene rings is 2. The number of nitrogens with zero attached hydrogens (tertiary/aromatic N) is 3. The number of guanidine groups is 1. The Bertz CT molecular complexity index is 986. The van der Waals surface area contributed by atoms with Crippen LogP contribution in [-0.2, 0) is 22.6 Å². The van der Waals surface area contributed by atoms with Gasteiger partial charge in [-0.2, -0.15) is 0 Å². The normalized spacial score (nSPS) is 16.2. The molecule has 0 bridgehead atoms. The summed E-state index contributed by atoms with van der Waals surface area (Å²) < 4.78 is 0. The SMILES string of the molecule is CCNC(=NCc1ccc(N2CCCC2=O)cc1)NCC(=O)N1CCCc2ccccc21. The zero-order valence-corrected chi connectivity index (χ0v) is 18.6. The van der Waals surface area contributed by atoms with Crippen molar-refractivity contribution in [1.82, 2.24) is 10.6 Å². The van der Waals surface area contributed by atoms with E-state index in [1.165, 1.54) is 5.56 Å². The summed E-state index contributed by atoms with van der Waals surface area (Å²) in [6.07, 6.45) is 3.55. The van der Waals surface area contributed by atoms with Gasteiger partial charge in [-0.15, -0.1) is 0 Å². The van der Waals surface area contributed by atoms with Crippen LogP contribution >= 0.6 is 0 Å². The first-order valence-corrected chi connectivity index (χ1v) is 11.5. The highest BCUT2D eigenvalue weighted by Crippen LogP contribution is 2.26. The first-order valence-electron chi connectivity index (χ1n) is 11.5. The maximum atomic E-state index is 12.9. The zero-order chi connectivity index (χ0) is 22.3. The molecule has 2 N–H and O–H groups in total. The number of hydrogen-bond donors (Lipinski definition) is 2. The number of hydrogen-bond acceptors (Lipinski definition) is 3. The first-order chi connectivity index (χ1) is 15.7. The Hall–Kier alpha value is -3.35. The fourth-order valence-electron chi connectivity index (χ4n) is 4.26. The number of nitrogens with one attached hydrogen (secondary N) is 2. The van der Waals surface area contributed by atoms with Crippen LogP contribution in [-0.4, -0.2) is 44.0 Å². The number of fused-ring (bicyclic) bond motifs is 1. The maximum Gasteiger partial charge on any atom is 0.246 e. The van der Waals surface area contributed by atoms with E-state index in [0.717, 1.165) is 49.3 Å². The van der Waals surface area contributed by atoms with Gasteiger partial charge in [0.25, 0.3) is 0 Å². The van der Waals surface area contributed by atoms with Gasteiger partial charge >= 0.3 is 0 Å². The van der Waals surface area contributed by atoms with Crippen LogP contribution in [0.25, 0.3) is 0 Å². The largest absolute Gasteiger partial charge is 0.357 e. The highest BCUT2D eigenvalue weighted by molar-refractivity contribution is 5.98. The lowest BCUT2D eigenvalue weighted by Gasteiger charge is -2.29. The standard InChI is InChI=1S/C25H31N5O2/c1-2-26-25(27-17-19-11-13-21(14-12-19)29-15-6-10-23(29)31)28-18-24(32)30-16-5-8-20-7-3-4-9-22(20)30/h3-4,7,9,11-14H,2,5-6,8,10,15-18H2,1H3,(H2,26,27,28). The summed E-state index contributed by atoms with van der Waals surface area (Å²) in [5, 5.41) is 6.38. The van der Waals surface area contributed by atoms with Crippen molar-refractivity contribution in [3.63, 3.8) is 0 Å². The van der Waals surface area contributed by atoms with E-state index < -0.39 is 0 Å². The summed E-state index contributed by atoms with van der Waals surface area (Å²) in [5.41, 5.74) is 4.24. The van der Waals surface area contributed by atoms with E-state index in [9.17, 15) is 9.59 Å². The van der Waals surface area contributed by atoms with Gasteiger partial charge in [0, 0.05) is 37.4 Å². The molecule has 0 atom stereocenters. The van der Waals surface area contributed by atoms with Crippen LogP contribution in [0.3, 0.4) is 0 Å². The molecule has 32 heavy (non-hydrogen) atoms. The number of rotatable bonds is 6. The second kappa shape index (κ2) is 10.3. The Balaban J connectivity index is 1.35. The minimum Gasteiger partial charge on any atom is -0.357 e. The lowest BCUT2D eigenvalue weighted by Crippen LogP contribution is -2.46. The number of amides is 2. The second-order valence-electron chi connectivity index (χ2n) is 8.14. The number of carbonyl (C=O) groups is 2. The van der Waals surface area contributed by atoms with Gasteiger partial charge in [0.15, 0.2) is 5.96 Å². The minimum atomic E-state index is 0.0439. The van der Waals surface area contributed by atoms with E-state index in [4.69, 9.17) is 0 Å². The summed E-state index contributed by atoms with van der Waals surface area (Å²) in [6, 6.07) is 16.1. The molecule has 2 aliphatic heterocycles. The molecule has 7 nitrogen and oxygen atoms in total. The fraction of sp³-hybridized carbons (Fsp3) is 0.400. The molecule has 2 heterocycles. The van der Waals surface area contributed by atoms with Crippen LogP contribution in [0.4, 0.5) is 11.4 Å². The van der Waals surface area contributed by atoms with Crippen molar-refractivity contribution in [2.75, 3.05) is 36.0 Å². The lowest BCUT2D eigenvalue weighted by atomic mass is 10.0. The molecule has 1 fully saturated rings. The average molecular weight is 434 g/mol. The molecule has 0 radical (unpaired) electrons. The van der Waals surface area contributed by atoms with E-state index in [0.29, 0.717) is 25.5 Å². The predicted octanol–water partition coefficient (Wildman–Crippen LogP) is 2.85. The van der Waals surface area contributed by atoms with Crippen LogP contribution in [0, 0.1) is 0 Å². The molecule has 0 aromatic heterocycles. The maximum absolute atomic E-state index is 12.9. The van der Waals surface area contributed by atoms with Crippen LogP contribution in [0.1, 0.15) is 37.3 Å². The topological polar surface area (TPSA) is 77.0 Å². The van der Waals surface area contributed by atoms with Crippen molar-refractivity contribution >= 4 is 29.1 Å². The van der Waals surface area contributed by atoms with Crippen molar-refractivity contribution in [1.29, 1.82) is 0 Å². The molecule has 7 heteroatoms.